The Bertz CT molecular complexity index is 1310. The fourth-order valence-corrected chi connectivity index (χ4v) is 4.26. The van der Waals surface area contributed by atoms with Gasteiger partial charge in [0, 0.05) is 10.0 Å². The van der Waals surface area contributed by atoms with E-state index in [1.165, 1.54) is 25.5 Å². The fraction of sp³-hybridized carbons (Fsp3) is 0.167. The maximum Gasteiger partial charge on any atom is 0.260 e. The third kappa shape index (κ3) is 7.88. The van der Waals surface area contributed by atoms with Gasteiger partial charge in [-0.3, -0.25) is 9.10 Å². The van der Waals surface area contributed by atoms with Crippen molar-refractivity contribution in [1.29, 1.82) is 0 Å². The highest BCUT2D eigenvalue weighted by Crippen LogP contribution is 2.32. The number of carbonyl (C=O) groups is 1. The summed E-state index contributed by atoms with van der Waals surface area (Å²) in [5.41, 5.74) is 4.13. The third-order valence-electron chi connectivity index (χ3n) is 4.67. The van der Waals surface area contributed by atoms with Crippen molar-refractivity contribution in [2.45, 2.75) is 6.61 Å². The van der Waals surface area contributed by atoms with Gasteiger partial charge in [-0.25, -0.2) is 13.8 Å². The zero-order chi connectivity index (χ0) is 25.4. The lowest BCUT2D eigenvalue weighted by atomic mass is 10.2. The highest BCUT2D eigenvalue weighted by atomic mass is 35.5. The molecule has 0 spiro atoms. The topological polar surface area (TPSA) is 97.3 Å². The van der Waals surface area contributed by atoms with Gasteiger partial charge in [0.1, 0.15) is 24.7 Å². The summed E-state index contributed by atoms with van der Waals surface area (Å²) in [7, 11) is -2.42. The average Bonchev–Trinajstić information content (AvgIpc) is 2.81. The largest absolute Gasteiger partial charge is 0.495 e. The second kappa shape index (κ2) is 11.9. The molecule has 35 heavy (non-hydrogen) atoms. The van der Waals surface area contributed by atoms with E-state index in [0.717, 1.165) is 16.1 Å². The van der Waals surface area contributed by atoms with Gasteiger partial charge in [0.05, 0.1) is 25.3 Å². The van der Waals surface area contributed by atoms with Crippen molar-refractivity contribution in [2.24, 2.45) is 5.10 Å². The van der Waals surface area contributed by atoms with E-state index in [1.807, 2.05) is 18.2 Å². The molecule has 3 aromatic rings. The number of halogens is 2. The summed E-state index contributed by atoms with van der Waals surface area (Å²) in [5.74, 6) is 0.273. The van der Waals surface area contributed by atoms with E-state index in [0.29, 0.717) is 28.0 Å². The van der Waals surface area contributed by atoms with Crippen LogP contribution in [0.1, 0.15) is 11.1 Å². The normalized spacial score (nSPS) is 11.3. The van der Waals surface area contributed by atoms with E-state index >= 15 is 0 Å². The zero-order valence-electron chi connectivity index (χ0n) is 18.9. The van der Waals surface area contributed by atoms with Gasteiger partial charge in [-0.15, -0.1) is 0 Å². The lowest BCUT2D eigenvalue weighted by Crippen LogP contribution is -2.39. The number of nitrogens with one attached hydrogen (secondary N) is 1. The molecule has 0 bridgehead atoms. The Morgan fingerprint density at radius 3 is 2.43 bits per heavy atom. The molecule has 3 aromatic carbocycles. The molecule has 1 N–H and O–H groups in total. The summed E-state index contributed by atoms with van der Waals surface area (Å²) >= 11 is 12.0. The minimum Gasteiger partial charge on any atom is -0.495 e. The van der Waals surface area contributed by atoms with Crippen LogP contribution in [0.25, 0.3) is 0 Å². The summed E-state index contributed by atoms with van der Waals surface area (Å²) in [6.45, 7) is -0.137. The molecular weight excluding hydrogens is 513 g/mol. The Morgan fingerprint density at radius 2 is 1.77 bits per heavy atom. The monoisotopic (exact) mass is 535 g/mol. The van der Waals surface area contributed by atoms with Crippen molar-refractivity contribution >= 4 is 51.0 Å². The molecule has 3 rings (SSSR count). The first kappa shape index (κ1) is 26.3. The number of benzene rings is 3. The Kier molecular flexibility index (Phi) is 8.97. The molecular formula is C24H23Cl2N3O5S. The van der Waals surface area contributed by atoms with Crippen LogP contribution < -0.4 is 19.2 Å². The van der Waals surface area contributed by atoms with Crippen LogP contribution in [0, 0.1) is 0 Å². The molecule has 0 aliphatic heterocycles. The van der Waals surface area contributed by atoms with Crippen LogP contribution in [0.5, 0.6) is 11.5 Å². The van der Waals surface area contributed by atoms with Crippen LogP contribution in [0.3, 0.4) is 0 Å². The number of hydrogen-bond donors (Lipinski definition) is 1. The SMILES string of the molecule is COc1ccc(Cl)cc1N(CC(=O)N/N=C\c1ccc(OCc2cccc(Cl)c2)cc1)S(C)(=O)=O. The lowest BCUT2D eigenvalue weighted by molar-refractivity contribution is -0.119. The average molecular weight is 536 g/mol. The van der Waals surface area contributed by atoms with Crippen molar-refractivity contribution in [3.63, 3.8) is 0 Å². The molecule has 1 amide bonds. The predicted octanol–water partition coefficient (Wildman–Crippen LogP) is 4.50. The predicted molar refractivity (Wildman–Crippen MR) is 138 cm³/mol. The van der Waals surface area contributed by atoms with Gasteiger partial charge in [0.15, 0.2) is 0 Å². The van der Waals surface area contributed by atoms with Crippen LogP contribution in [-0.2, 0) is 21.4 Å². The van der Waals surface area contributed by atoms with Gasteiger partial charge in [-0.1, -0.05) is 35.3 Å². The van der Waals surface area contributed by atoms with Gasteiger partial charge in [0.2, 0.25) is 10.0 Å². The third-order valence-corrected chi connectivity index (χ3v) is 6.27. The summed E-state index contributed by atoms with van der Waals surface area (Å²) in [4.78, 5) is 12.4. The molecule has 0 aliphatic carbocycles. The Labute approximate surface area is 214 Å². The standard InChI is InChI=1S/C24H23Cl2N3O5S/c1-33-23-11-8-20(26)13-22(23)29(35(2,31)32)15-24(30)28-27-14-17-6-9-21(10-7-17)34-16-18-4-3-5-19(25)12-18/h3-14H,15-16H2,1-2H3,(H,28,30)/b27-14-. The van der Waals surface area contributed by atoms with Crippen LogP contribution >= 0.6 is 23.2 Å². The highest BCUT2D eigenvalue weighted by molar-refractivity contribution is 7.92. The van der Waals surface area contributed by atoms with Crippen molar-refractivity contribution in [3.05, 3.63) is 87.9 Å². The second-order valence-corrected chi connectivity index (χ2v) is 10.1. The summed E-state index contributed by atoms with van der Waals surface area (Å²) in [6, 6.07) is 19.0. The van der Waals surface area contributed by atoms with E-state index in [4.69, 9.17) is 32.7 Å². The molecule has 0 heterocycles. The molecule has 0 saturated heterocycles. The first-order valence-corrected chi connectivity index (χ1v) is 12.9. The molecule has 8 nitrogen and oxygen atoms in total. The van der Waals surface area contributed by atoms with E-state index in [-0.39, 0.29) is 11.4 Å². The van der Waals surface area contributed by atoms with Gasteiger partial charge < -0.3 is 9.47 Å². The van der Waals surface area contributed by atoms with Crippen LogP contribution in [0.15, 0.2) is 71.8 Å². The lowest BCUT2D eigenvalue weighted by Gasteiger charge is -2.23. The summed E-state index contributed by atoms with van der Waals surface area (Å²) < 4.78 is 36.5. The Balaban J connectivity index is 1.59. The molecule has 0 aromatic heterocycles. The number of methoxy groups -OCH3 is 1. The number of hydrogen-bond acceptors (Lipinski definition) is 6. The molecule has 0 saturated carbocycles. The van der Waals surface area contributed by atoms with Gasteiger partial charge >= 0.3 is 0 Å². The minimum atomic E-state index is -3.81. The smallest absolute Gasteiger partial charge is 0.260 e. The molecule has 0 aliphatic rings. The van der Waals surface area contributed by atoms with Crippen LogP contribution in [0.2, 0.25) is 10.0 Å². The maximum atomic E-state index is 12.4. The maximum absolute atomic E-state index is 12.4. The molecule has 11 heteroatoms. The molecule has 0 radical (unpaired) electrons. The number of anilines is 1. The fourth-order valence-electron chi connectivity index (χ4n) is 3.03. The van der Waals surface area contributed by atoms with Crippen molar-refractivity contribution in [3.8, 4) is 11.5 Å². The highest BCUT2D eigenvalue weighted by Gasteiger charge is 2.24. The molecule has 0 unspecified atom stereocenters. The Morgan fingerprint density at radius 1 is 1.06 bits per heavy atom. The van der Waals surface area contributed by atoms with E-state index < -0.39 is 22.5 Å². The van der Waals surface area contributed by atoms with Gasteiger partial charge in [0.25, 0.3) is 5.91 Å². The van der Waals surface area contributed by atoms with E-state index in [2.05, 4.69) is 10.5 Å². The molecule has 0 fully saturated rings. The van der Waals surface area contributed by atoms with Crippen molar-refractivity contribution < 1.29 is 22.7 Å². The number of nitrogens with zero attached hydrogens (tertiary/aromatic N) is 2. The zero-order valence-corrected chi connectivity index (χ0v) is 21.3. The summed E-state index contributed by atoms with van der Waals surface area (Å²) in [5, 5.41) is 4.85. The van der Waals surface area contributed by atoms with E-state index in [9.17, 15) is 13.2 Å². The Hall–Kier alpha value is -3.27. The minimum absolute atomic E-state index is 0.148. The van der Waals surface area contributed by atoms with Gasteiger partial charge in [-0.05, 0) is 65.7 Å². The number of hydrazone groups is 1. The van der Waals surface area contributed by atoms with Crippen LogP contribution in [-0.4, -0.2) is 40.4 Å². The van der Waals surface area contributed by atoms with E-state index in [1.54, 1.807) is 36.4 Å². The number of carbonyl (C=O) groups excluding carboxylic acids is 1. The molecule has 0 atom stereocenters. The first-order chi connectivity index (χ1) is 16.7. The number of sulfonamides is 1. The van der Waals surface area contributed by atoms with Crippen molar-refractivity contribution in [2.75, 3.05) is 24.2 Å². The molecule has 184 valence electrons. The van der Waals surface area contributed by atoms with Crippen LogP contribution in [0.4, 0.5) is 5.69 Å². The number of ether oxygens (including phenoxy) is 2. The number of amides is 1. The second-order valence-electron chi connectivity index (χ2n) is 7.37. The quantitative estimate of drug-likeness (QED) is 0.304. The van der Waals surface area contributed by atoms with Gasteiger partial charge in [-0.2, -0.15) is 5.10 Å². The first-order valence-electron chi connectivity index (χ1n) is 10.3. The summed E-state index contributed by atoms with van der Waals surface area (Å²) in [6.07, 6.45) is 2.42. The van der Waals surface area contributed by atoms with Crippen molar-refractivity contribution in [1.82, 2.24) is 5.43 Å². The number of rotatable bonds is 10.